The highest BCUT2D eigenvalue weighted by Crippen LogP contribution is 2.18. The Morgan fingerprint density at radius 3 is 2.69 bits per heavy atom. The largest absolute Gasteiger partial charge is 0.356 e. The standard InChI is InChI=1S/C20H27N5O/c1-2-16-13-19(23-14-22-16)25-10-8-17(9-11-25)24-20(26)18(21)12-15-6-4-3-5-7-15/h3-7,13-14,17-18H,2,8-12,21H2,1H3,(H,24,26). The molecule has 1 aliphatic heterocycles. The van der Waals surface area contributed by atoms with E-state index in [2.05, 4.69) is 33.2 Å². The van der Waals surface area contributed by atoms with E-state index >= 15 is 0 Å². The van der Waals surface area contributed by atoms with Crippen molar-refractivity contribution >= 4 is 11.7 Å². The number of benzene rings is 1. The lowest BCUT2D eigenvalue weighted by Crippen LogP contribution is -2.50. The van der Waals surface area contributed by atoms with Crippen molar-refractivity contribution in [2.75, 3.05) is 18.0 Å². The number of amides is 1. The van der Waals surface area contributed by atoms with Gasteiger partial charge in [-0.1, -0.05) is 37.3 Å². The molecule has 1 unspecified atom stereocenters. The van der Waals surface area contributed by atoms with Gasteiger partial charge in [-0.2, -0.15) is 0 Å². The first-order valence-electron chi connectivity index (χ1n) is 9.31. The Morgan fingerprint density at radius 2 is 2.00 bits per heavy atom. The van der Waals surface area contributed by atoms with E-state index in [-0.39, 0.29) is 11.9 Å². The maximum absolute atomic E-state index is 12.4. The summed E-state index contributed by atoms with van der Waals surface area (Å²) in [6, 6.07) is 11.6. The van der Waals surface area contributed by atoms with Gasteiger partial charge in [0.15, 0.2) is 0 Å². The van der Waals surface area contributed by atoms with Gasteiger partial charge in [-0.15, -0.1) is 0 Å². The summed E-state index contributed by atoms with van der Waals surface area (Å²) in [5, 5.41) is 3.11. The average Bonchev–Trinajstić information content (AvgIpc) is 2.69. The molecule has 2 aromatic rings. The third-order valence-corrected chi connectivity index (χ3v) is 4.87. The topological polar surface area (TPSA) is 84.1 Å². The summed E-state index contributed by atoms with van der Waals surface area (Å²) in [5.41, 5.74) is 8.21. The third-order valence-electron chi connectivity index (χ3n) is 4.87. The monoisotopic (exact) mass is 353 g/mol. The zero-order chi connectivity index (χ0) is 18.4. The molecule has 1 fully saturated rings. The maximum Gasteiger partial charge on any atom is 0.237 e. The lowest BCUT2D eigenvalue weighted by molar-refractivity contribution is -0.123. The minimum absolute atomic E-state index is 0.0670. The van der Waals surface area contributed by atoms with E-state index in [0.29, 0.717) is 6.42 Å². The second-order valence-electron chi connectivity index (χ2n) is 6.79. The number of anilines is 1. The molecule has 0 bridgehead atoms. The molecule has 3 N–H and O–H groups in total. The van der Waals surface area contributed by atoms with E-state index in [1.165, 1.54) is 0 Å². The van der Waals surface area contributed by atoms with E-state index in [1.807, 2.05) is 30.3 Å². The summed E-state index contributed by atoms with van der Waals surface area (Å²) < 4.78 is 0. The Hall–Kier alpha value is -2.47. The van der Waals surface area contributed by atoms with Crippen molar-refractivity contribution in [1.82, 2.24) is 15.3 Å². The molecule has 138 valence electrons. The fraction of sp³-hybridized carbons (Fsp3) is 0.450. The molecule has 2 heterocycles. The number of nitrogens with zero attached hydrogens (tertiary/aromatic N) is 3. The van der Waals surface area contributed by atoms with E-state index in [1.54, 1.807) is 6.33 Å². The molecular formula is C20H27N5O. The molecule has 1 atom stereocenters. The molecule has 1 aromatic heterocycles. The van der Waals surface area contributed by atoms with Crippen LogP contribution in [0.25, 0.3) is 0 Å². The summed E-state index contributed by atoms with van der Waals surface area (Å²) >= 11 is 0. The second kappa shape index (κ2) is 8.76. The van der Waals surface area contributed by atoms with Crippen LogP contribution >= 0.6 is 0 Å². The molecule has 0 saturated carbocycles. The van der Waals surface area contributed by atoms with E-state index in [9.17, 15) is 4.79 Å². The Kier molecular flexibility index (Phi) is 6.17. The minimum Gasteiger partial charge on any atom is -0.356 e. The second-order valence-corrected chi connectivity index (χ2v) is 6.79. The summed E-state index contributed by atoms with van der Waals surface area (Å²) in [7, 11) is 0. The van der Waals surface area contributed by atoms with Crippen LogP contribution in [0.5, 0.6) is 0 Å². The zero-order valence-corrected chi connectivity index (χ0v) is 15.3. The van der Waals surface area contributed by atoms with Gasteiger partial charge in [0.25, 0.3) is 0 Å². The molecule has 1 aromatic carbocycles. The fourth-order valence-electron chi connectivity index (χ4n) is 3.27. The molecular weight excluding hydrogens is 326 g/mol. The van der Waals surface area contributed by atoms with Gasteiger partial charge in [-0.05, 0) is 31.2 Å². The molecule has 1 amide bonds. The number of rotatable bonds is 6. The van der Waals surface area contributed by atoms with Crippen LogP contribution in [-0.4, -0.2) is 41.0 Å². The van der Waals surface area contributed by atoms with Crippen molar-refractivity contribution in [2.24, 2.45) is 5.73 Å². The summed E-state index contributed by atoms with van der Waals surface area (Å²) in [4.78, 5) is 23.3. The Balaban J connectivity index is 1.48. The smallest absolute Gasteiger partial charge is 0.237 e. The molecule has 0 radical (unpaired) electrons. The van der Waals surface area contributed by atoms with Crippen molar-refractivity contribution in [1.29, 1.82) is 0 Å². The van der Waals surface area contributed by atoms with Crippen LogP contribution in [0.15, 0.2) is 42.7 Å². The third kappa shape index (κ3) is 4.79. The minimum atomic E-state index is -0.510. The van der Waals surface area contributed by atoms with Crippen molar-refractivity contribution in [2.45, 2.75) is 44.7 Å². The molecule has 1 aliphatic rings. The van der Waals surface area contributed by atoms with Crippen LogP contribution in [0, 0.1) is 0 Å². The molecule has 0 aliphatic carbocycles. The van der Waals surface area contributed by atoms with Crippen LogP contribution in [-0.2, 0) is 17.6 Å². The van der Waals surface area contributed by atoms with Gasteiger partial charge in [0.1, 0.15) is 12.1 Å². The van der Waals surface area contributed by atoms with Gasteiger partial charge >= 0.3 is 0 Å². The van der Waals surface area contributed by atoms with Crippen LogP contribution in [0.3, 0.4) is 0 Å². The quantitative estimate of drug-likeness (QED) is 0.826. The molecule has 26 heavy (non-hydrogen) atoms. The first-order valence-corrected chi connectivity index (χ1v) is 9.31. The summed E-state index contributed by atoms with van der Waals surface area (Å²) in [5.74, 6) is 0.907. The van der Waals surface area contributed by atoms with Crippen LogP contribution < -0.4 is 16.0 Å². The van der Waals surface area contributed by atoms with Gasteiger partial charge in [0, 0.05) is 30.9 Å². The molecule has 6 heteroatoms. The number of piperidine rings is 1. The number of carbonyl (C=O) groups excluding carboxylic acids is 1. The lowest BCUT2D eigenvalue weighted by Gasteiger charge is -2.33. The van der Waals surface area contributed by atoms with Gasteiger partial charge in [0.05, 0.1) is 6.04 Å². The normalized spacial score (nSPS) is 16.3. The molecule has 1 saturated heterocycles. The van der Waals surface area contributed by atoms with E-state index < -0.39 is 6.04 Å². The lowest BCUT2D eigenvalue weighted by atomic mass is 10.0. The number of aromatic nitrogens is 2. The predicted molar refractivity (Wildman–Crippen MR) is 103 cm³/mol. The SMILES string of the molecule is CCc1cc(N2CCC(NC(=O)C(N)Cc3ccccc3)CC2)ncn1. The first-order chi connectivity index (χ1) is 12.7. The highest BCUT2D eigenvalue weighted by Gasteiger charge is 2.24. The van der Waals surface area contributed by atoms with Gasteiger partial charge in [-0.25, -0.2) is 9.97 Å². The van der Waals surface area contributed by atoms with Crippen molar-refractivity contribution in [3.05, 3.63) is 54.0 Å². The number of hydrogen-bond donors (Lipinski definition) is 2. The number of nitrogens with one attached hydrogen (secondary N) is 1. The molecule has 0 spiro atoms. The van der Waals surface area contributed by atoms with Gasteiger partial charge in [-0.3, -0.25) is 4.79 Å². The zero-order valence-electron chi connectivity index (χ0n) is 15.3. The van der Waals surface area contributed by atoms with Crippen LogP contribution in [0.2, 0.25) is 0 Å². The Morgan fingerprint density at radius 1 is 1.27 bits per heavy atom. The van der Waals surface area contributed by atoms with Crippen molar-refractivity contribution in [3.8, 4) is 0 Å². The highest BCUT2D eigenvalue weighted by atomic mass is 16.2. The molecule has 6 nitrogen and oxygen atoms in total. The van der Waals surface area contributed by atoms with E-state index in [4.69, 9.17) is 5.73 Å². The predicted octanol–water partition coefficient (Wildman–Crippen LogP) is 1.69. The number of carbonyl (C=O) groups is 1. The van der Waals surface area contributed by atoms with Gasteiger partial charge < -0.3 is 16.0 Å². The van der Waals surface area contributed by atoms with Crippen molar-refractivity contribution < 1.29 is 4.79 Å². The highest BCUT2D eigenvalue weighted by molar-refractivity contribution is 5.82. The van der Waals surface area contributed by atoms with Crippen LogP contribution in [0.4, 0.5) is 5.82 Å². The fourth-order valence-corrected chi connectivity index (χ4v) is 3.27. The number of aryl methyl sites for hydroxylation is 1. The Labute approximate surface area is 154 Å². The Bertz CT molecular complexity index is 713. The molecule has 3 rings (SSSR count). The van der Waals surface area contributed by atoms with E-state index in [0.717, 1.165) is 49.4 Å². The van der Waals surface area contributed by atoms with Crippen LogP contribution in [0.1, 0.15) is 31.0 Å². The first kappa shape index (κ1) is 18.3. The number of nitrogens with two attached hydrogens (primary N) is 1. The van der Waals surface area contributed by atoms with Gasteiger partial charge in [0.2, 0.25) is 5.91 Å². The van der Waals surface area contributed by atoms with Crippen molar-refractivity contribution in [3.63, 3.8) is 0 Å². The average molecular weight is 353 g/mol. The summed E-state index contributed by atoms with van der Waals surface area (Å²) in [6.45, 7) is 3.84. The maximum atomic E-state index is 12.4. The number of hydrogen-bond acceptors (Lipinski definition) is 5. The summed E-state index contributed by atoms with van der Waals surface area (Å²) in [6.07, 6.45) is 4.89.